The van der Waals surface area contributed by atoms with Crippen molar-refractivity contribution in [2.45, 2.75) is 13.8 Å². The topological polar surface area (TPSA) is 28.7 Å². The van der Waals surface area contributed by atoms with Crippen LogP contribution < -0.4 is 0 Å². The van der Waals surface area contributed by atoms with Crippen LogP contribution in [0.3, 0.4) is 0 Å². The Bertz CT molecular complexity index is 777. The summed E-state index contributed by atoms with van der Waals surface area (Å²) in [5.41, 5.74) is 4.65. The van der Waals surface area contributed by atoms with E-state index in [0.29, 0.717) is 11.4 Å². The van der Waals surface area contributed by atoms with Gasteiger partial charge in [-0.25, -0.2) is 9.37 Å². The average molecular weight is 275 g/mol. The number of imidazole rings is 1. The molecule has 1 aromatic heterocycles. The lowest BCUT2D eigenvalue weighted by Gasteiger charge is -2.00. The van der Waals surface area contributed by atoms with Crippen LogP contribution in [-0.2, 0) is 0 Å². The van der Waals surface area contributed by atoms with Crippen LogP contribution in [0.4, 0.5) is 4.39 Å². The van der Waals surface area contributed by atoms with Gasteiger partial charge in [-0.2, -0.15) is 0 Å². The number of aryl methyl sites for hydroxylation is 2. The average Bonchev–Trinajstić information content (AvgIpc) is 2.76. The van der Waals surface area contributed by atoms with Gasteiger partial charge in [-0.1, -0.05) is 23.7 Å². The molecule has 0 unspecified atom stereocenters. The van der Waals surface area contributed by atoms with Gasteiger partial charge in [-0.3, -0.25) is 0 Å². The van der Waals surface area contributed by atoms with Crippen LogP contribution >= 0.6 is 11.6 Å². The summed E-state index contributed by atoms with van der Waals surface area (Å²) < 4.78 is 13.5. The minimum Gasteiger partial charge on any atom is -0.338 e. The highest BCUT2D eigenvalue weighted by atomic mass is 35.5. The van der Waals surface area contributed by atoms with Gasteiger partial charge in [-0.05, 0) is 43.2 Å². The largest absolute Gasteiger partial charge is 0.338 e. The van der Waals surface area contributed by atoms with Crippen molar-refractivity contribution in [1.29, 1.82) is 0 Å². The molecular formula is C15H12ClFN2. The number of aromatic nitrogens is 2. The molecule has 0 bridgehead atoms. The number of fused-ring (bicyclic) bond motifs is 1. The number of nitrogens with zero attached hydrogens (tertiary/aromatic N) is 1. The molecule has 0 radical (unpaired) electrons. The number of aromatic amines is 1. The Morgan fingerprint density at radius 1 is 1.21 bits per heavy atom. The first-order valence-corrected chi connectivity index (χ1v) is 6.35. The smallest absolute Gasteiger partial charge is 0.142 e. The lowest BCUT2D eigenvalue weighted by Crippen LogP contribution is -1.85. The second-order valence-electron chi connectivity index (χ2n) is 4.66. The fourth-order valence-corrected chi connectivity index (χ4v) is 2.50. The lowest BCUT2D eigenvalue weighted by molar-refractivity contribution is 0.628. The standard InChI is InChI=1S/C15H12ClFN2/c1-8-6-9(2)14-12(7-8)18-15(19-14)10-4-3-5-11(17)13(10)16/h3-7H,1-2H3,(H,18,19). The third kappa shape index (κ3) is 2.00. The van der Waals surface area contributed by atoms with Gasteiger partial charge in [0.05, 0.1) is 16.1 Å². The summed E-state index contributed by atoms with van der Waals surface area (Å²) in [5, 5.41) is 0.0935. The predicted octanol–water partition coefficient (Wildman–Crippen LogP) is 4.64. The second-order valence-corrected chi connectivity index (χ2v) is 5.04. The summed E-state index contributed by atoms with van der Waals surface area (Å²) in [7, 11) is 0. The Hall–Kier alpha value is -1.87. The Morgan fingerprint density at radius 3 is 2.79 bits per heavy atom. The van der Waals surface area contributed by atoms with Crippen molar-refractivity contribution in [2.24, 2.45) is 0 Å². The number of halogens is 2. The van der Waals surface area contributed by atoms with E-state index in [1.807, 2.05) is 19.9 Å². The van der Waals surface area contributed by atoms with E-state index in [4.69, 9.17) is 11.6 Å². The van der Waals surface area contributed by atoms with Crippen LogP contribution in [0.15, 0.2) is 30.3 Å². The van der Waals surface area contributed by atoms with Gasteiger partial charge in [0.2, 0.25) is 0 Å². The molecule has 0 spiro atoms. The van der Waals surface area contributed by atoms with Crippen LogP contribution in [0.2, 0.25) is 5.02 Å². The van der Waals surface area contributed by atoms with Gasteiger partial charge in [0, 0.05) is 5.56 Å². The molecule has 0 aliphatic carbocycles. The van der Waals surface area contributed by atoms with Crippen molar-refractivity contribution in [2.75, 3.05) is 0 Å². The third-order valence-corrected chi connectivity index (χ3v) is 3.51. The summed E-state index contributed by atoms with van der Waals surface area (Å²) in [5.74, 6) is 0.153. The summed E-state index contributed by atoms with van der Waals surface area (Å²) in [6.45, 7) is 4.04. The molecule has 4 heteroatoms. The first-order valence-electron chi connectivity index (χ1n) is 5.97. The van der Waals surface area contributed by atoms with Crippen molar-refractivity contribution in [1.82, 2.24) is 9.97 Å². The van der Waals surface area contributed by atoms with Gasteiger partial charge in [0.15, 0.2) is 0 Å². The number of H-pyrrole nitrogens is 1. The Balaban J connectivity index is 2.26. The molecule has 3 aromatic rings. The molecule has 2 nitrogen and oxygen atoms in total. The monoisotopic (exact) mass is 274 g/mol. The maximum atomic E-state index is 13.5. The first-order chi connectivity index (χ1) is 9.06. The molecule has 3 rings (SSSR count). The summed E-state index contributed by atoms with van der Waals surface area (Å²) in [4.78, 5) is 7.72. The highest BCUT2D eigenvalue weighted by Gasteiger charge is 2.13. The van der Waals surface area contributed by atoms with E-state index >= 15 is 0 Å². The maximum absolute atomic E-state index is 13.5. The van der Waals surface area contributed by atoms with Crippen molar-refractivity contribution >= 4 is 22.6 Å². The molecule has 0 fully saturated rings. The molecule has 1 heterocycles. The zero-order chi connectivity index (χ0) is 13.6. The van der Waals surface area contributed by atoms with E-state index in [0.717, 1.165) is 22.2 Å². The SMILES string of the molecule is Cc1cc(C)c2nc(-c3cccc(F)c3Cl)[nH]c2c1. The number of hydrogen-bond acceptors (Lipinski definition) is 1. The zero-order valence-corrected chi connectivity index (χ0v) is 11.3. The zero-order valence-electron chi connectivity index (χ0n) is 10.6. The van der Waals surface area contributed by atoms with Crippen LogP contribution in [0.5, 0.6) is 0 Å². The molecular weight excluding hydrogens is 263 g/mol. The van der Waals surface area contributed by atoms with Crippen molar-refractivity contribution in [3.63, 3.8) is 0 Å². The molecule has 0 saturated heterocycles. The Kier molecular flexibility index (Phi) is 2.79. The van der Waals surface area contributed by atoms with Crippen molar-refractivity contribution in [3.8, 4) is 11.4 Å². The van der Waals surface area contributed by atoms with Gasteiger partial charge in [0.25, 0.3) is 0 Å². The second kappa shape index (κ2) is 4.35. The number of rotatable bonds is 1. The number of nitrogens with one attached hydrogen (secondary N) is 1. The highest BCUT2D eigenvalue weighted by molar-refractivity contribution is 6.33. The van der Waals surface area contributed by atoms with Crippen LogP contribution in [-0.4, -0.2) is 9.97 Å². The molecule has 0 aliphatic heterocycles. The fraction of sp³-hybridized carbons (Fsp3) is 0.133. The van der Waals surface area contributed by atoms with Crippen LogP contribution in [0.25, 0.3) is 22.4 Å². The van der Waals surface area contributed by atoms with Crippen LogP contribution in [0, 0.1) is 19.7 Å². The minimum atomic E-state index is -0.437. The third-order valence-electron chi connectivity index (χ3n) is 3.13. The number of hydrogen-bond donors (Lipinski definition) is 1. The molecule has 2 aromatic carbocycles. The molecule has 0 atom stereocenters. The van der Waals surface area contributed by atoms with Crippen LogP contribution in [0.1, 0.15) is 11.1 Å². The molecule has 19 heavy (non-hydrogen) atoms. The quantitative estimate of drug-likeness (QED) is 0.688. The number of benzene rings is 2. The van der Waals surface area contributed by atoms with Gasteiger partial charge >= 0.3 is 0 Å². The summed E-state index contributed by atoms with van der Waals surface area (Å²) in [6.07, 6.45) is 0. The van der Waals surface area contributed by atoms with E-state index in [1.54, 1.807) is 12.1 Å². The van der Waals surface area contributed by atoms with E-state index in [1.165, 1.54) is 6.07 Å². The fourth-order valence-electron chi connectivity index (χ4n) is 2.29. The summed E-state index contributed by atoms with van der Waals surface area (Å²) in [6, 6.07) is 8.81. The molecule has 1 N–H and O–H groups in total. The van der Waals surface area contributed by atoms with E-state index in [2.05, 4.69) is 16.0 Å². The van der Waals surface area contributed by atoms with Crippen molar-refractivity contribution < 1.29 is 4.39 Å². The highest BCUT2D eigenvalue weighted by Crippen LogP contribution is 2.30. The normalized spacial score (nSPS) is 11.2. The van der Waals surface area contributed by atoms with Gasteiger partial charge in [0.1, 0.15) is 11.6 Å². The maximum Gasteiger partial charge on any atom is 0.142 e. The van der Waals surface area contributed by atoms with E-state index in [-0.39, 0.29) is 5.02 Å². The van der Waals surface area contributed by atoms with E-state index in [9.17, 15) is 4.39 Å². The summed E-state index contributed by atoms with van der Waals surface area (Å²) >= 11 is 5.99. The molecule has 0 amide bonds. The van der Waals surface area contributed by atoms with Gasteiger partial charge in [-0.15, -0.1) is 0 Å². The molecule has 0 saturated carbocycles. The first kappa shape index (κ1) is 12.2. The lowest BCUT2D eigenvalue weighted by atomic mass is 10.1. The van der Waals surface area contributed by atoms with Crippen molar-refractivity contribution in [3.05, 3.63) is 52.3 Å². The Labute approximate surface area is 115 Å². The van der Waals surface area contributed by atoms with Gasteiger partial charge < -0.3 is 4.98 Å². The minimum absolute atomic E-state index is 0.0935. The molecule has 0 aliphatic rings. The van der Waals surface area contributed by atoms with E-state index < -0.39 is 5.82 Å². The molecule has 96 valence electrons. The Morgan fingerprint density at radius 2 is 2.00 bits per heavy atom. The predicted molar refractivity (Wildman–Crippen MR) is 76.0 cm³/mol.